The third-order valence-corrected chi connectivity index (χ3v) is 5.62. The van der Waals surface area contributed by atoms with Crippen molar-refractivity contribution in [2.24, 2.45) is 5.41 Å². The van der Waals surface area contributed by atoms with E-state index in [0.717, 1.165) is 18.5 Å². The van der Waals surface area contributed by atoms with Crippen LogP contribution in [0.4, 0.5) is 5.69 Å². The van der Waals surface area contributed by atoms with E-state index in [1.807, 2.05) is 35.2 Å². The molecule has 0 unspecified atom stereocenters. The van der Waals surface area contributed by atoms with Crippen molar-refractivity contribution in [2.45, 2.75) is 33.2 Å². The van der Waals surface area contributed by atoms with Gasteiger partial charge < -0.3 is 9.80 Å². The van der Waals surface area contributed by atoms with Crippen LogP contribution in [0.25, 0.3) is 0 Å². The number of amides is 2. The molecule has 2 aliphatic heterocycles. The van der Waals surface area contributed by atoms with Gasteiger partial charge in [-0.1, -0.05) is 42.5 Å². The molecule has 0 aliphatic carbocycles. The number of para-hydroxylation sites is 1. The molecule has 0 atom stereocenters. The lowest BCUT2D eigenvalue weighted by Crippen LogP contribution is -2.51. The van der Waals surface area contributed by atoms with Gasteiger partial charge in [-0.2, -0.15) is 0 Å². The fraction of sp³-hybridized carbons (Fsp3) is 0.364. The monoisotopic (exact) mass is 348 g/mol. The first-order valence-electron chi connectivity index (χ1n) is 9.24. The Labute approximate surface area is 154 Å². The zero-order valence-corrected chi connectivity index (χ0v) is 15.4. The summed E-state index contributed by atoms with van der Waals surface area (Å²) >= 11 is 0. The Morgan fingerprint density at radius 3 is 2.19 bits per heavy atom. The van der Waals surface area contributed by atoms with Gasteiger partial charge in [0.25, 0.3) is 0 Å². The number of anilines is 1. The molecule has 134 valence electrons. The minimum atomic E-state index is -1.07. The standard InChI is InChI=1S/C22H24N2O2/c1-22(2,21(26)24-14-12-17-8-5-6-10-19(17)24)20(25)23-13-11-16-7-3-4-9-18(16)15-23/h3-10H,11-15H2,1-2H3. The van der Waals surface area contributed by atoms with E-state index in [1.54, 1.807) is 18.7 Å². The highest BCUT2D eigenvalue weighted by Crippen LogP contribution is 2.33. The highest BCUT2D eigenvalue weighted by atomic mass is 16.2. The topological polar surface area (TPSA) is 40.6 Å². The predicted molar refractivity (Wildman–Crippen MR) is 102 cm³/mol. The van der Waals surface area contributed by atoms with E-state index in [-0.39, 0.29) is 11.8 Å². The Kier molecular flexibility index (Phi) is 4.06. The fourth-order valence-electron chi connectivity index (χ4n) is 4.04. The summed E-state index contributed by atoms with van der Waals surface area (Å²) in [6, 6.07) is 16.2. The fourth-order valence-corrected chi connectivity index (χ4v) is 4.04. The number of hydrogen-bond donors (Lipinski definition) is 0. The maximum atomic E-state index is 13.2. The van der Waals surface area contributed by atoms with Crippen molar-refractivity contribution >= 4 is 17.5 Å². The summed E-state index contributed by atoms with van der Waals surface area (Å²) in [5.41, 5.74) is 3.54. The molecule has 0 saturated heterocycles. The van der Waals surface area contributed by atoms with Crippen LogP contribution in [0.2, 0.25) is 0 Å². The Hall–Kier alpha value is -2.62. The predicted octanol–water partition coefficient (Wildman–Crippen LogP) is 3.19. The summed E-state index contributed by atoms with van der Waals surface area (Å²) in [4.78, 5) is 30.1. The highest BCUT2D eigenvalue weighted by Gasteiger charge is 2.44. The van der Waals surface area contributed by atoms with Crippen LogP contribution < -0.4 is 4.90 Å². The van der Waals surface area contributed by atoms with E-state index < -0.39 is 5.41 Å². The number of benzene rings is 2. The van der Waals surface area contributed by atoms with Gasteiger partial charge in [0.2, 0.25) is 11.8 Å². The minimum absolute atomic E-state index is 0.0821. The summed E-state index contributed by atoms with van der Waals surface area (Å²) in [6.45, 7) is 5.43. The lowest BCUT2D eigenvalue weighted by molar-refractivity contribution is -0.148. The Bertz CT molecular complexity index is 872. The molecule has 0 radical (unpaired) electrons. The van der Waals surface area contributed by atoms with Crippen molar-refractivity contribution in [2.75, 3.05) is 18.0 Å². The van der Waals surface area contributed by atoms with Crippen molar-refractivity contribution in [1.29, 1.82) is 0 Å². The van der Waals surface area contributed by atoms with Gasteiger partial charge in [-0.15, -0.1) is 0 Å². The van der Waals surface area contributed by atoms with Gasteiger partial charge in [0, 0.05) is 25.3 Å². The summed E-state index contributed by atoms with van der Waals surface area (Å²) in [5.74, 6) is -0.187. The van der Waals surface area contributed by atoms with Crippen LogP contribution in [0.5, 0.6) is 0 Å². The maximum absolute atomic E-state index is 13.2. The lowest BCUT2D eigenvalue weighted by atomic mass is 9.88. The van der Waals surface area contributed by atoms with Gasteiger partial charge in [-0.05, 0) is 49.4 Å². The molecule has 2 aliphatic rings. The molecule has 2 aromatic rings. The highest BCUT2D eigenvalue weighted by molar-refractivity contribution is 6.11. The molecule has 0 bridgehead atoms. The summed E-state index contributed by atoms with van der Waals surface area (Å²) in [7, 11) is 0. The average molecular weight is 348 g/mol. The Morgan fingerprint density at radius 2 is 1.42 bits per heavy atom. The molecule has 26 heavy (non-hydrogen) atoms. The van der Waals surface area contributed by atoms with Crippen molar-refractivity contribution in [3.63, 3.8) is 0 Å². The van der Waals surface area contributed by atoms with Gasteiger partial charge in [-0.25, -0.2) is 0 Å². The van der Waals surface area contributed by atoms with Gasteiger partial charge in [-0.3, -0.25) is 9.59 Å². The number of nitrogens with zero attached hydrogens (tertiary/aromatic N) is 2. The van der Waals surface area contributed by atoms with E-state index in [9.17, 15) is 9.59 Å². The third-order valence-electron chi connectivity index (χ3n) is 5.62. The van der Waals surface area contributed by atoms with Gasteiger partial charge in [0.1, 0.15) is 5.41 Å². The molecule has 0 aromatic heterocycles. The van der Waals surface area contributed by atoms with E-state index in [0.29, 0.717) is 19.6 Å². The van der Waals surface area contributed by atoms with Crippen LogP contribution in [0, 0.1) is 5.41 Å². The zero-order chi connectivity index (χ0) is 18.3. The van der Waals surface area contributed by atoms with Crippen molar-refractivity contribution in [3.05, 3.63) is 65.2 Å². The Morgan fingerprint density at radius 1 is 0.808 bits per heavy atom. The van der Waals surface area contributed by atoms with Crippen LogP contribution in [0.15, 0.2) is 48.5 Å². The molecule has 4 heteroatoms. The summed E-state index contributed by atoms with van der Waals surface area (Å²) in [6.07, 6.45) is 1.70. The molecular formula is C22H24N2O2. The second kappa shape index (κ2) is 6.27. The van der Waals surface area contributed by atoms with Crippen LogP contribution in [0.1, 0.15) is 30.5 Å². The average Bonchev–Trinajstić information content (AvgIpc) is 3.10. The normalized spacial score (nSPS) is 16.2. The van der Waals surface area contributed by atoms with E-state index >= 15 is 0 Å². The molecule has 0 spiro atoms. The minimum Gasteiger partial charge on any atom is -0.337 e. The van der Waals surface area contributed by atoms with E-state index in [1.165, 1.54) is 16.7 Å². The van der Waals surface area contributed by atoms with Gasteiger partial charge in [0.15, 0.2) is 0 Å². The molecule has 0 fully saturated rings. The van der Waals surface area contributed by atoms with E-state index in [2.05, 4.69) is 18.2 Å². The third kappa shape index (κ3) is 2.70. The molecule has 4 rings (SSSR count). The second-order valence-electron chi connectivity index (χ2n) is 7.71. The van der Waals surface area contributed by atoms with Crippen molar-refractivity contribution in [1.82, 2.24) is 4.90 Å². The summed E-state index contributed by atoms with van der Waals surface area (Å²) < 4.78 is 0. The quantitative estimate of drug-likeness (QED) is 0.782. The number of hydrogen-bond acceptors (Lipinski definition) is 2. The van der Waals surface area contributed by atoms with Crippen LogP contribution >= 0.6 is 0 Å². The maximum Gasteiger partial charge on any atom is 0.242 e. The smallest absolute Gasteiger partial charge is 0.242 e. The van der Waals surface area contributed by atoms with Crippen molar-refractivity contribution < 1.29 is 9.59 Å². The van der Waals surface area contributed by atoms with E-state index in [4.69, 9.17) is 0 Å². The number of rotatable bonds is 2. The molecule has 4 nitrogen and oxygen atoms in total. The first-order chi connectivity index (χ1) is 12.5. The number of carbonyl (C=O) groups excluding carboxylic acids is 2. The van der Waals surface area contributed by atoms with Crippen LogP contribution in [0.3, 0.4) is 0 Å². The second-order valence-corrected chi connectivity index (χ2v) is 7.71. The van der Waals surface area contributed by atoms with Crippen molar-refractivity contribution in [3.8, 4) is 0 Å². The summed E-state index contributed by atoms with van der Waals surface area (Å²) in [5, 5.41) is 0. The molecule has 0 saturated carbocycles. The first-order valence-corrected chi connectivity index (χ1v) is 9.24. The molecule has 2 heterocycles. The number of carbonyl (C=O) groups is 2. The van der Waals surface area contributed by atoms with Crippen LogP contribution in [-0.4, -0.2) is 29.8 Å². The molecular weight excluding hydrogens is 324 g/mol. The lowest BCUT2D eigenvalue weighted by Gasteiger charge is -2.36. The van der Waals surface area contributed by atoms with Gasteiger partial charge in [0.05, 0.1) is 0 Å². The largest absolute Gasteiger partial charge is 0.337 e. The molecule has 0 N–H and O–H groups in total. The first kappa shape index (κ1) is 16.8. The SMILES string of the molecule is CC(C)(C(=O)N1CCc2ccccc2C1)C(=O)N1CCc2ccccc21. The van der Waals surface area contributed by atoms with Gasteiger partial charge >= 0.3 is 0 Å². The van der Waals surface area contributed by atoms with Crippen LogP contribution in [-0.2, 0) is 29.0 Å². The molecule has 2 aromatic carbocycles. The Balaban J connectivity index is 1.55. The molecule has 2 amide bonds. The number of fused-ring (bicyclic) bond motifs is 2. The zero-order valence-electron chi connectivity index (χ0n) is 15.4.